The predicted octanol–water partition coefficient (Wildman–Crippen LogP) is 1.77. The summed E-state index contributed by atoms with van der Waals surface area (Å²) in [6.45, 7) is 0.607. The van der Waals surface area contributed by atoms with Crippen molar-refractivity contribution in [2.75, 3.05) is 12.3 Å². The summed E-state index contributed by atoms with van der Waals surface area (Å²) in [4.78, 5) is 12.1. The Labute approximate surface area is 142 Å². The van der Waals surface area contributed by atoms with Gasteiger partial charge in [-0.05, 0) is 37.8 Å². The van der Waals surface area contributed by atoms with Gasteiger partial charge in [0.2, 0.25) is 5.91 Å². The Kier molecular flexibility index (Phi) is 4.85. The number of nitrogens with one attached hydrogen (secondary N) is 1. The van der Waals surface area contributed by atoms with Crippen molar-refractivity contribution in [2.45, 2.75) is 44.1 Å². The van der Waals surface area contributed by atoms with Crippen LogP contribution < -0.4 is 16.8 Å². The van der Waals surface area contributed by atoms with E-state index in [9.17, 15) is 4.79 Å². The molecular weight excluding hydrogens is 302 g/mol. The normalized spacial score (nSPS) is 16.2. The highest BCUT2D eigenvalue weighted by atomic mass is 16.2. The monoisotopic (exact) mass is 327 g/mol. The van der Waals surface area contributed by atoms with E-state index < -0.39 is 5.54 Å². The molecule has 24 heavy (non-hydrogen) atoms. The van der Waals surface area contributed by atoms with E-state index in [4.69, 9.17) is 11.5 Å². The highest BCUT2D eigenvalue weighted by Crippen LogP contribution is 2.27. The topological polar surface area (TPSA) is 99.0 Å². The molecule has 1 aromatic heterocycles. The Morgan fingerprint density at radius 1 is 1.25 bits per heavy atom. The van der Waals surface area contributed by atoms with E-state index in [0.29, 0.717) is 12.4 Å². The standard InChI is InChI=1S/C18H25N5O/c19-16-13-14(22-23(16)15-8-2-1-3-9-15)7-6-12-21-17(24)18(20)10-4-5-11-18/h1-3,8-9,13H,4-7,10-12,19-20H2,(H,21,24). The second-order valence-electron chi connectivity index (χ2n) is 6.53. The van der Waals surface area contributed by atoms with Crippen molar-refractivity contribution in [3.05, 3.63) is 42.1 Å². The van der Waals surface area contributed by atoms with Gasteiger partial charge >= 0.3 is 0 Å². The number of nitrogens with two attached hydrogens (primary N) is 2. The lowest BCUT2D eigenvalue weighted by Gasteiger charge is -2.22. The van der Waals surface area contributed by atoms with Crippen LogP contribution in [0, 0.1) is 0 Å². The number of nitrogen functional groups attached to an aromatic ring is 1. The number of rotatable bonds is 6. The summed E-state index contributed by atoms with van der Waals surface area (Å²) in [6, 6.07) is 11.7. The second kappa shape index (κ2) is 7.05. The van der Waals surface area contributed by atoms with Crippen LogP contribution in [0.5, 0.6) is 0 Å². The Balaban J connectivity index is 1.50. The zero-order valence-corrected chi connectivity index (χ0v) is 13.9. The minimum Gasteiger partial charge on any atom is -0.384 e. The average Bonchev–Trinajstić information content (AvgIpc) is 3.19. The molecular formula is C18H25N5O. The van der Waals surface area contributed by atoms with Gasteiger partial charge < -0.3 is 16.8 Å². The molecule has 1 amide bonds. The van der Waals surface area contributed by atoms with E-state index in [1.807, 2.05) is 36.4 Å². The first-order valence-electron chi connectivity index (χ1n) is 8.55. The number of benzene rings is 1. The second-order valence-corrected chi connectivity index (χ2v) is 6.53. The van der Waals surface area contributed by atoms with Crippen LogP contribution in [0.4, 0.5) is 5.82 Å². The number of nitrogens with zero attached hydrogens (tertiary/aromatic N) is 2. The van der Waals surface area contributed by atoms with Crippen LogP contribution in [0.3, 0.4) is 0 Å². The predicted molar refractivity (Wildman–Crippen MR) is 94.7 cm³/mol. The highest BCUT2D eigenvalue weighted by molar-refractivity contribution is 5.86. The van der Waals surface area contributed by atoms with E-state index in [-0.39, 0.29) is 5.91 Å². The molecule has 0 atom stereocenters. The molecule has 0 aliphatic heterocycles. The molecule has 1 aromatic carbocycles. The fraction of sp³-hybridized carbons (Fsp3) is 0.444. The van der Waals surface area contributed by atoms with Gasteiger partial charge in [-0.3, -0.25) is 4.79 Å². The van der Waals surface area contributed by atoms with E-state index in [1.165, 1.54) is 0 Å². The third kappa shape index (κ3) is 3.59. The minimum absolute atomic E-state index is 0.0191. The van der Waals surface area contributed by atoms with Gasteiger partial charge in [0, 0.05) is 12.6 Å². The number of para-hydroxylation sites is 1. The lowest BCUT2D eigenvalue weighted by molar-refractivity contribution is -0.126. The van der Waals surface area contributed by atoms with Gasteiger partial charge in [0.15, 0.2) is 0 Å². The average molecular weight is 327 g/mol. The molecule has 5 N–H and O–H groups in total. The van der Waals surface area contributed by atoms with Gasteiger partial charge in [-0.15, -0.1) is 0 Å². The Hall–Kier alpha value is -2.34. The maximum atomic E-state index is 12.1. The Morgan fingerprint density at radius 3 is 2.67 bits per heavy atom. The molecule has 0 unspecified atom stereocenters. The first-order chi connectivity index (χ1) is 11.6. The maximum Gasteiger partial charge on any atom is 0.240 e. The third-order valence-electron chi connectivity index (χ3n) is 4.63. The minimum atomic E-state index is -0.653. The molecule has 1 aliphatic rings. The van der Waals surface area contributed by atoms with Crippen LogP contribution in [0.1, 0.15) is 37.8 Å². The summed E-state index contributed by atoms with van der Waals surface area (Å²) in [6.07, 6.45) is 5.24. The fourth-order valence-corrected chi connectivity index (χ4v) is 3.23. The third-order valence-corrected chi connectivity index (χ3v) is 4.63. The van der Waals surface area contributed by atoms with Crippen molar-refractivity contribution < 1.29 is 4.79 Å². The van der Waals surface area contributed by atoms with Gasteiger partial charge in [0.05, 0.1) is 16.9 Å². The van der Waals surface area contributed by atoms with Crippen molar-refractivity contribution in [2.24, 2.45) is 5.73 Å². The summed E-state index contributed by atoms with van der Waals surface area (Å²) >= 11 is 0. The smallest absolute Gasteiger partial charge is 0.240 e. The molecule has 0 spiro atoms. The van der Waals surface area contributed by atoms with E-state index in [2.05, 4.69) is 10.4 Å². The van der Waals surface area contributed by atoms with E-state index in [0.717, 1.165) is 49.9 Å². The van der Waals surface area contributed by atoms with Gasteiger partial charge in [0.1, 0.15) is 5.82 Å². The number of anilines is 1. The molecule has 1 aliphatic carbocycles. The molecule has 1 saturated carbocycles. The fourth-order valence-electron chi connectivity index (χ4n) is 3.23. The number of aryl methyl sites for hydroxylation is 1. The van der Waals surface area contributed by atoms with E-state index >= 15 is 0 Å². The van der Waals surface area contributed by atoms with Crippen LogP contribution in [-0.4, -0.2) is 27.8 Å². The largest absolute Gasteiger partial charge is 0.384 e. The van der Waals surface area contributed by atoms with Gasteiger partial charge in [-0.2, -0.15) is 5.10 Å². The van der Waals surface area contributed by atoms with Crippen LogP contribution >= 0.6 is 0 Å². The molecule has 0 radical (unpaired) electrons. The van der Waals surface area contributed by atoms with Crippen LogP contribution in [0.2, 0.25) is 0 Å². The Bertz CT molecular complexity index is 689. The van der Waals surface area contributed by atoms with Crippen molar-refractivity contribution in [3.63, 3.8) is 0 Å². The van der Waals surface area contributed by atoms with Crippen molar-refractivity contribution in [1.29, 1.82) is 0 Å². The lowest BCUT2D eigenvalue weighted by Crippen LogP contribution is -2.52. The van der Waals surface area contributed by atoms with Gasteiger partial charge in [0.25, 0.3) is 0 Å². The number of amides is 1. The number of aromatic nitrogens is 2. The number of carbonyl (C=O) groups excluding carboxylic acids is 1. The number of hydrogen-bond acceptors (Lipinski definition) is 4. The zero-order valence-electron chi connectivity index (χ0n) is 13.9. The molecule has 1 heterocycles. The summed E-state index contributed by atoms with van der Waals surface area (Å²) in [5.74, 6) is 0.599. The molecule has 6 nitrogen and oxygen atoms in total. The molecule has 128 valence electrons. The molecule has 2 aromatic rings. The van der Waals surface area contributed by atoms with Crippen molar-refractivity contribution >= 4 is 11.7 Å². The SMILES string of the molecule is Nc1cc(CCCNC(=O)C2(N)CCCC2)nn1-c1ccccc1. The van der Waals surface area contributed by atoms with Crippen molar-refractivity contribution in [3.8, 4) is 5.69 Å². The summed E-state index contributed by atoms with van der Waals surface area (Å²) in [5.41, 5.74) is 13.4. The summed E-state index contributed by atoms with van der Waals surface area (Å²) in [7, 11) is 0. The molecule has 0 bridgehead atoms. The zero-order chi connectivity index (χ0) is 17.0. The first kappa shape index (κ1) is 16.5. The molecule has 6 heteroatoms. The first-order valence-corrected chi connectivity index (χ1v) is 8.55. The maximum absolute atomic E-state index is 12.1. The molecule has 1 fully saturated rings. The van der Waals surface area contributed by atoms with Gasteiger partial charge in [-0.25, -0.2) is 4.68 Å². The summed E-state index contributed by atoms with van der Waals surface area (Å²) < 4.78 is 1.74. The quantitative estimate of drug-likeness (QED) is 0.704. The highest BCUT2D eigenvalue weighted by Gasteiger charge is 2.36. The van der Waals surface area contributed by atoms with E-state index in [1.54, 1.807) is 4.68 Å². The lowest BCUT2D eigenvalue weighted by atomic mass is 9.98. The van der Waals surface area contributed by atoms with Crippen LogP contribution in [0.15, 0.2) is 36.4 Å². The molecule has 0 saturated heterocycles. The Morgan fingerprint density at radius 2 is 1.96 bits per heavy atom. The van der Waals surface area contributed by atoms with Gasteiger partial charge in [-0.1, -0.05) is 31.0 Å². The van der Waals surface area contributed by atoms with Crippen LogP contribution in [0.25, 0.3) is 5.69 Å². The van der Waals surface area contributed by atoms with Crippen LogP contribution in [-0.2, 0) is 11.2 Å². The molecule has 3 rings (SSSR count). The number of carbonyl (C=O) groups is 1. The summed E-state index contributed by atoms with van der Waals surface area (Å²) in [5, 5.41) is 7.50. The number of hydrogen-bond donors (Lipinski definition) is 3. The van der Waals surface area contributed by atoms with Crippen molar-refractivity contribution in [1.82, 2.24) is 15.1 Å².